The first-order chi connectivity index (χ1) is 11.3. The number of rotatable bonds is 6. The number of nitrogens with zero attached hydrogens (tertiary/aromatic N) is 2. The number of amides is 1. The van der Waals surface area contributed by atoms with Gasteiger partial charge in [-0.05, 0) is 25.0 Å². The first kappa shape index (κ1) is 15.7. The van der Waals surface area contributed by atoms with Crippen LogP contribution >= 0.6 is 0 Å². The number of hydrogen-bond acceptors (Lipinski definition) is 4. The normalized spacial score (nSPS) is 15.0. The molecule has 0 aliphatic heterocycles. The van der Waals surface area contributed by atoms with E-state index >= 15 is 0 Å². The summed E-state index contributed by atoms with van der Waals surface area (Å²) in [6.45, 7) is 3.34. The first-order valence-corrected chi connectivity index (χ1v) is 8.55. The Morgan fingerprint density at radius 2 is 1.96 bits per heavy atom. The Labute approximate surface area is 136 Å². The molecule has 1 saturated carbocycles. The van der Waals surface area contributed by atoms with Crippen molar-refractivity contribution in [3.63, 3.8) is 0 Å². The van der Waals surface area contributed by atoms with Gasteiger partial charge in [0.25, 0.3) is 0 Å². The topological polar surface area (TPSA) is 66.9 Å². The summed E-state index contributed by atoms with van der Waals surface area (Å²) in [4.78, 5) is 21.1. The van der Waals surface area contributed by atoms with E-state index in [2.05, 4.69) is 27.5 Å². The Bertz CT molecular complexity index is 680. The van der Waals surface area contributed by atoms with E-state index in [9.17, 15) is 4.79 Å². The average Bonchev–Trinajstić information content (AvgIpc) is 3.12. The lowest BCUT2D eigenvalue weighted by Gasteiger charge is -2.12. The van der Waals surface area contributed by atoms with Crippen molar-refractivity contribution >= 4 is 22.6 Å². The predicted molar refractivity (Wildman–Crippen MR) is 92.4 cm³/mol. The Morgan fingerprint density at radius 3 is 2.74 bits per heavy atom. The number of aromatic nitrogens is 2. The smallest absolute Gasteiger partial charge is 0.223 e. The van der Waals surface area contributed by atoms with Gasteiger partial charge < -0.3 is 10.6 Å². The highest BCUT2D eigenvalue weighted by Gasteiger charge is 2.21. The van der Waals surface area contributed by atoms with E-state index < -0.39 is 0 Å². The van der Waals surface area contributed by atoms with E-state index in [4.69, 9.17) is 0 Å². The van der Waals surface area contributed by atoms with Gasteiger partial charge in [0.15, 0.2) is 0 Å². The SMILES string of the molecule is CCc1nc(NCCNC(=O)C2CCCC2)c2ccccc2n1. The van der Waals surface area contributed by atoms with Crippen molar-refractivity contribution in [3.8, 4) is 0 Å². The Hall–Kier alpha value is -2.17. The van der Waals surface area contributed by atoms with Crippen molar-refractivity contribution < 1.29 is 4.79 Å². The summed E-state index contributed by atoms with van der Waals surface area (Å²) in [6, 6.07) is 8.00. The van der Waals surface area contributed by atoms with Crippen LogP contribution in [0.15, 0.2) is 24.3 Å². The lowest BCUT2D eigenvalue weighted by molar-refractivity contribution is -0.124. The fourth-order valence-corrected chi connectivity index (χ4v) is 3.12. The highest BCUT2D eigenvalue weighted by atomic mass is 16.1. The van der Waals surface area contributed by atoms with Crippen LogP contribution in [0.2, 0.25) is 0 Å². The lowest BCUT2D eigenvalue weighted by atomic mass is 10.1. The van der Waals surface area contributed by atoms with Gasteiger partial charge >= 0.3 is 0 Å². The van der Waals surface area contributed by atoms with Crippen LogP contribution in [0.3, 0.4) is 0 Å². The zero-order chi connectivity index (χ0) is 16.1. The van der Waals surface area contributed by atoms with E-state index in [-0.39, 0.29) is 11.8 Å². The molecular formula is C18H24N4O. The molecule has 122 valence electrons. The first-order valence-electron chi connectivity index (χ1n) is 8.55. The van der Waals surface area contributed by atoms with E-state index in [0.717, 1.165) is 41.8 Å². The number of fused-ring (bicyclic) bond motifs is 1. The maximum Gasteiger partial charge on any atom is 0.223 e. The highest BCUT2D eigenvalue weighted by molar-refractivity contribution is 5.89. The molecule has 0 saturated heterocycles. The van der Waals surface area contributed by atoms with Crippen molar-refractivity contribution in [1.29, 1.82) is 0 Å². The Balaban J connectivity index is 1.59. The third-order valence-electron chi connectivity index (χ3n) is 4.41. The van der Waals surface area contributed by atoms with Crippen molar-refractivity contribution in [2.75, 3.05) is 18.4 Å². The summed E-state index contributed by atoms with van der Waals surface area (Å²) in [6.07, 6.45) is 5.25. The average molecular weight is 312 g/mol. The van der Waals surface area contributed by atoms with Gasteiger partial charge in [-0.15, -0.1) is 0 Å². The van der Waals surface area contributed by atoms with Crippen LogP contribution in [-0.4, -0.2) is 29.0 Å². The van der Waals surface area contributed by atoms with Crippen LogP contribution in [0.4, 0.5) is 5.82 Å². The monoisotopic (exact) mass is 312 g/mol. The van der Waals surface area contributed by atoms with Crippen molar-refractivity contribution in [2.45, 2.75) is 39.0 Å². The van der Waals surface area contributed by atoms with Crippen LogP contribution < -0.4 is 10.6 Å². The number of nitrogens with one attached hydrogen (secondary N) is 2. The van der Waals surface area contributed by atoms with Gasteiger partial charge in [0, 0.05) is 30.8 Å². The number of benzene rings is 1. The van der Waals surface area contributed by atoms with Crippen LogP contribution in [-0.2, 0) is 11.2 Å². The molecule has 2 aromatic rings. The molecule has 1 fully saturated rings. The lowest BCUT2D eigenvalue weighted by Crippen LogP contribution is -2.33. The molecule has 3 rings (SSSR count). The minimum absolute atomic E-state index is 0.200. The van der Waals surface area contributed by atoms with E-state index in [1.165, 1.54) is 12.8 Å². The zero-order valence-electron chi connectivity index (χ0n) is 13.6. The second-order valence-electron chi connectivity index (χ2n) is 6.06. The van der Waals surface area contributed by atoms with Crippen molar-refractivity contribution in [3.05, 3.63) is 30.1 Å². The number of carbonyl (C=O) groups excluding carboxylic acids is 1. The van der Waals surface area contributed by atoms with Gasteiger partial charge in [0.1, 0.15) is 11.6 Å². The van der Waals surface area contributed by atoms with Gasteiger partial charge in [-0.1, -0.05) is 31.9 Å². The Morgan fingerprint density at radius 1 is 1.17 bits per heavy atom. The highest BCUT2D eigenvalue weighted by Crippen LogP contribution is 2.24. The largest absolute Gasteiger partial charge is 0.368 e. The van der Waals surface area contributed by atoms with Gasteiger partial charge in [0.2, 0.25) is 5.91 Å². The van der Waals surface area contributed by atoms with Gasteiger partial charge in [-0.3, -0.25) is 4.79 Å². The van der Waals surface area contributed by atoms with Gasteiger partial charge in [-0.2, -0.15) is 0 Å². The molecule has 2 N–H and O–H groups in total. The predicted octanol–water partition coefficient (Wildman–Crippen LogP) is 2.91. The molecule has 0 spiro atoms. The second kappa shape index (κ2) is 7.40. The molecule has 1 aromatic heterocycles. The fraction of sp³-hybridized carbons (Fsp3) is 0.500. The summed E-state index contributed by atoms with van der Waals surface area (Å²) in [5.41, 5.74) is 0.955. The number of para-hydroxylation sites is 1. The summed E-state index contributed by atoms with van der Waals surface area (Å²) in [5.74, 6) is 2.11. The number of hydrogen-bond donors (Lipinski definition) is 2. The van der Waals surface area contributed by atoms with Crippen LogP contribution in [0.25, 0.3) is 10.9 Å². The Kier molecular flexibility index (Phi) is 5.05. The molecule has 1 amide bonds. The standard InChI is InChI=1S/C18H24N4O/c1-2-16-21-15-10-6-5-9-14(15)17(22-16)19-11-12-20-18(23)13-7-3-4-8-13/h5-6,9-10,13H,2-4,7-8,11-12H2,1H3,(H,20,23)(H,19,21,22). The number of carbonyl (C=O) groups is 1. The molecule has 1 aliphatic rings. The summed E-state index contributed by atoms with van der Waals surface area (Å²) in [7, 11) is 0. The van der Waals surface area contributed by atoms with E-state index in [1.807, 2.05) is 24.3 Å². The van der Waals surface area contributed by atoms with Crippen LogP contribution in [0.5, 0.6) is 0 Å². The van der Waals surface area contributed by atoms with Crippen molar-refractivity contribution in [1.82, 2.24) is 15.3 Å². The maximum atomic E-state index is 12.0. The summed E-state index contributed by atoms with van der Waals surface area (Å²) < 4.78 is 0. The van der Waals surface area contributed by atoms with Gasteiger partial charge in [-0.25, -0.2) is 9.97 Å². The molecular weight excluding hydrogens is 288 g/mol. The molecule has 1 aliphatic carbocycles. The molecule has 5 nitrogen and oxygen atoms in total. The number of anilines is 1. The number of aryl methyl sites for hydroxylation is 1. The third kappa shape index (κ3) is 3.78. The third-order valence-corrected chi connectivity index (χ3v) is 4.41. The minimum atomic E-state index is 0.200. The maximum absolute atomic E-state index is 12.0. The molecule has 0 atom stereocenters. The van der Waals surface area contributed by atoms with Crippen LogP contribution in [0.1, 0.15) is 38.4 Å². The molecule has 23 heavy (non-hydrogen) atoms. The molecule has 5 heteroatoms. The van der Waals surface area contributed by atoms with E-state index in [1.54, 1.807) is 0 Å². The minimum Gasteiger partial charge on any atom is -0.368 e. The quantitative estimate of drug-likeness (QED) is 0.805. The van der Waals surface area contributed by atoms with Crippen LogP contribution in [0, 0.1) is 5.92 Å². The van der Waals surface area contributed by atoms with Crippen molar-refractivity contribution in [2.24, 2.45) is 5.92 Å². The molecule has 0 unspecified atom stereocenters. The molecule has 1 aromatic carbocycles. The second-order valence-corrected chi connectivity index (χ2v) is 6.06. The fourth-order valence-electron chi connectivity index (χ4n) is 3.12. The molecule has 0 radical (unpaired) electrons. The van der Waals surface area contributed by atoms with Gasteiger partial charge in [0.05, 0.1) is 5.52 Å². The molecule has 1 heterocycles. The summed E-state index contributed by atoms with van der Waals surface area (Å²) in [5, 5.41) is 7.39. The molecule has 0 bridgehead atoms. The summed E-state index contributed by atoms with van der Waals surface area (Å²) >= 11 is 0. The van der Waals surface area contributed by atoms with E-state index in [0.29, 0.717) is 13.1 Å². The zero-order valence-corrected chi connectivity index (χ0v) is 13.6.